The van der Waals surface area contributed by atoms with Crippen LogP contribution in [0.3, 0.4) is 0 Å². The highest BCUT2D eigenvalue weighted by Crippen LogP contribution is 2.24. The van der Waals surface area contributed by atoms with Crippen molar-refractivity contribution in [2.75, 3.05) is 19.6 Å². The lowest BCUT2D eigenvalue weighted by molar-refractivity contribution is 0.0476. The van der Waals surface area contributed by atoms with Crippen molar-refractivity contribution in [1.29, 1.82) is 0 Å². The molecule has 1 aliphatic rings. The molecule has 5 nitrogen and oxygen atoms in total. The average Bonchev–Trinajstić information content (AvgIpc) is 2.26. The predicted molar refractivity (Wildman–Crippen MR) is 67.8 cm³/mol. The summed E-state index contributed by atoms with van der Waals surface area (Å²) in [6, 6.07) is 3.96. The molecule has 2 rings (SSSR count). The van der Waals surface area contributed by atoms with E-state index < -0.39 is 0 Å². The van der Waals surface area contributed by atoms with Gasteiger partial charge in [-0.05, 0) is 26.0 Å². The first kappa shape index (κ1) is 12.7. The molecule has 0 spiro atoms. The van der Waals surface area contributed by atoms with Crippen LogP contribution in [0.5, 0.6) is 11.5 Å². The van der Waals surface area contributed by atoms with Gasteiger partial charge in [0.15, 0.2) is 0 Å². The van der Waals surface area contributed by atoms with E-state index in [1.54, 1.807) is 4.90 Å². The van der Waals surface area contributed by atoms with Crippen LogP contribution in [0.1, 0.15) is 24.2 Å². The molecule has 0 radical (unpaired) electrons. The van der Waals surface area contributed by atoms with Gasteiger partial charge in [0.25, 0.3) is 5.91 Å². The van der Waals surface area contributed by atoms with Crippen molar-refractivity contribution in [3.63, 3.8) is 0 Å². The molecular formula is C13H18N2O3. The molecule has 1 aromatic rings. The van der Waals surface area contributed by atoms with Crippen molar-refractivity contribution in [1.82, 2.24) is 10.2 Å². The molecule has 0 unspecified atom stereocenters. The predicted octanol–water partition coefficient (Wildman–Crippen LogP) is 0.922. The lowest BCUT2D eigenvalue weighted by Gasteiger charge is -2.42. The monoisotopic (exact) mass is 250 g/mol. The zero-order valence-electron chi connectivity index (χ0n) is 10.6. The van der Waals surface area contributed by atoms with Gasteiger partial charge in [-0.2, -0.15) is 0 Å². The molecule has 18 heavy (non-hydrogen) atoms. The fourth-order valence-corrected chi connectivity index (χ4v) is 2.23. The van der Waals surface area contributed by atoms with Gasteiger partial charge in [-0.3, -0.25) is 4.79 Å². The number of phenolic OH excluding ortho intramolecular Hbond substituents is 2. The number of hydrogen-bond donors (Lipinski definition) is 3. The van der Waals surface area contributed by atoms with E-state index in [-0.39, 0.29) is 22.9 Å². The molecular weight excluding hydrogens is 232 g/mol. The Hall–Kier alpha value is -1.75. The Morgan fingerprint density at radius 1 is 1.28 bits per heavy atom. The summed E-state index contributed by atoms with van der Waals surface area (Å²) in [5.74, 6) is -0.384. The number of nitrogens with zero attached hydrogens (tertiary/aromatic N) is 1. The van der Waals surface area contributed by atoms with Crippen molar-refractivity contribution >= 4 is 5.91 Å². The summed E-state index contributed by atoms with van der Waals surface area (Å²) < 4.78 is 0. The summed E-state index contributed by atoms with van der Waals surface area (Å²) in [4.78, 5) is 14.2. The van der Waals surface area contributed by atoms with Gasteiger partial charge in [0.05, 0.1) is 5.54 Å². The highest BCUT2D eigenvalue weighted by atomic mass is 16.3. The highest BCUT2D eigenvalue weighted by molar-refractivity contribution is 5.95. The van der Waals surface area contributed by atoms with Crippen molar-refractivity contribution in [2.24, 2.45) is 0 Å². The maximum atomic E-state index is 12.4. The second-order valence-corrected chi connectivity index (χ2v) is 5.18. The lowest BCUT2D eigenvalue weighted by atomic mass is 9.98. The molecule has 0 bridgehead atoms. The number of piperazine rings is 1. The quantitative estimate of drug-likeness (QED) is 0.693. The van der Waals surface area contributed by atoms with E-state index in [4.69, 9.17) is 0 Å². The zero-order chi connectivity index (χ0) is 13.3. The summed E-state index contributed by atoms with van der Waals surface area (Å²) in [7, 11) is 0. The molecule has 0 aromatic heterocycles. The van der Waals surface area contributed by atoms with E-state index in [1.165, 1.54) is 18.2 Å². The Balaban J connectivity index is 2.30. The minimum atomic E-state index is -0.281. The third-order valence-corrected chi connectivity index (χ3v) is 3.20. The van der Waals surface area contributed by atoms with E-state index >= 15 is 0 Å². The number of carbonyl (C=O) groups excluding carboxylic acids is 1. The van der Waals surface area contributed by atoms with Crippen LogP contribution >= 0.6 is 0 Å². The standard InChI is InChI=1S/C13H18N2O3/c1-13(2)8-14-3-4-15(13)12(18)9-5-10(16)7-11(17)6-9/h5-7,14,16-17H,3-4,8H2,1-2H3. The van der Waals surface area contributed by atoms with E-state index in [1.807, 2.05) is 13.8 Å². The number of hydrogen-bond acceptors (Lipinski definition) is 4. The Kier molecular flexibility index (Phi) is 3.17. The summed E-state index contributed by atoms with van der Waals surface area (Å²) in [5.41, 5.74) is 0.0265. The van der Waals surface area contributed by atoms with Gasteiger partial charge in [0, 0.05) is 31.3 Å². The van der Waals surface area contributed by atoms with E-state index in [2.05, 4.69) is 5.32 Å². The second kappa shape index (κ2) is 4.49. The minimum absolute atomic E-state index is 0.105. The van der Waals surface area contributed by atoms with Gasteiger partial charge in [-0.1, -0.05) is 0 Å². The number of carbonyl (C=O) groups is 1. The zero-order valence-corrected chi connectivity index (χ0v) is 10.6. The first-order valence-electron chi connectivity index (χ1n) is 5.96. The molecule has 5 heteroatoms. The number of nitrogens with one attached hydrogen (secondary N) is 1. The second-order valence-electron chi connectivity index (χ2n) is 5.18. The van der Waals surface area contributed by atoms with E-state index in [0.29, 0.717) is 12.1 Å². The third-order valence-electron chi connectivity index (χ3n) is 3.20. The molecule has 1 amide bonds. The maximum Gasteiger partial charge on any atom is 0.254 e. The smallest absolute Gasteiger partial charge is 0.254 e. The van der Waals surface area contributed by atoms with E-state index in [0.717, 1.165) is 13.1 Å². The van der Waals surface area contributed by atoms with Gasteiger partial charge in [0.1, 0.15) is 11.5 Å². The summed E-state index contributed by atoms with van der Waals surface area (Å²) in [6.07, 6.45) is 0. The summed E-state index contributed by atoms with van der Waals surface area (Å²) in [5, 5.41) is 22.1. The van der Waals surface area contributed by atoms with Crippen LogP contribution in [-0.2, 0) is 0 Å². The van der Waals surface area contributed by atoms with Crippen molar-refractivity contribution in [3.05, 3.63) is 23.8 Å². The lowest BCUT2D eigenvalue weighted by Crippen LogP contribution is -2.59. The number of benzene rings is 1. The highest BCUT2D eigenvalue weighted by Gasteiger charge is 2.33. The SMILES string of the molecule is CC1(C)CNCCN1C(=O)c1cc(O)cc(O)c1. The minimum Gasteiger partial charge on any atom is -0.508 e. The Labute approximate surface area is 106 Å². The molecule has 0 saturated carbocycles. The molecule has 3 N–H and O–H groups in total. The molecule has 1 aliphatic heterocycles. The van der Waals surface area contributed by atoms with Crippen LogP contribution in [0, 0.1) is 0 Å². The van der Waals surface area contributed by atoms with Gasteiger partial charge in [-0.15, -0.1) is 0 Å². The van der Waals surface area contributed by atoms with Crippen LogP contribution in [0.4, 0.5) is 0 Å². The van der Waals surface area contributed by atoms with Crippen LogP contribution in [0.15, 0.2) is 18.2 Å². The van der Waals surface area contributed by atoms with Crippen LogP contribution in [-0.4, -0.2) is 46.2 Å². The van der Waals surface area contributed by atoms with Gasteiger partial charge >= 0.3 is 0 Å². The number of phenols is 2. The van der Waals surface area contributed by atoms with Gasteiger partial charge in [0.2, 0.25) is 0 Å². The molecule has 1 aromatic carbocycles. The van der Waals surface area contributed by atoms with Crippen LogP contribution < -0.4 is 5.32 Å². The van der Waals surface area contributed by atoms with Crippen molar-refractivity contribution in [2.45, 2.75) is 19.4 Å². The largest absolute Gasteiger partial charge is 0.508 e. The fourth-order valence-electron chi connectivity index (χ4n) is 2.23. The molecule has 0 atom stereocenters. The molecule has 1 fully saturated rings. The number of rotatable bonds is 1. The Morgan fingerprint density at radius 2 is 1.89 bits per heavy atom. The number of aromatic hydroxyl groups is 2. The molecule has 0 aliphatic carbocycles. The first-order valence-corrected chi connectivity index (χ1v) is 5.96. The topological polar surface area (TPSA) is 72.8 Å². The molecule has 1 heterocycles. The van der Waals surface area contributed by atoms with E-state index in [9.17, 15) is 15.0 Å². The van der Waals surface area contributed by atoms with Crippen LogP contribution in [0.2, 0.25) is 0 Å². The first-order chi connectivity index (χ1) is 8.40. The summed E-state index contributed by atoms with van der Waals surface area (Å²) >= 11 is 0. The Bertz CT molecular complexity index is 451. The average molecular weight is 250 g/mol. The maximum absolute atomic E-state index is 12.4. The van der Waals surface area contributed by atoms with Gasteiger partial charge < -0.3 is 20.4 Å². The number of amides is 1. The third kappa shape index (κ3) is 2.41. The van der Waals surface area contributed by atoms with Crippen LogP contribution in [0.25, 0.3) is 0 Å². The van der Waals surface area contributed by atoms with Gasteiger partial charge in [-0.25, -0.2) is 0 Å². The fraction of sp³-hybridized carbons (Fsp3) is 0.462. The normalized spacial score (nSPS) is 18.7. The summed E-state index contributed by atoms with van der Waals surface area (Å²) in [6.45, 7) is 6.06. The molecule has 98 valence electrons. The van der Waals surface area contributed by atoms with Crippen molar-refractivity contribution < 1.29 is 15.0 Å². The molecule has 1 saturated heterocycles. The Morgan fingerprint density at radius 3 is 2.44 bits per heavy atom. The van der Waals surface area contributed by atoms with Crippen molar-refractivity contribution in [3.8, 4) is 11.5 Å².